The van der Waals surface area contributed by atoms with Gasteiger partial charge < -0.3 is 9.53 Å². The number of carbonyl (C=O) groups is 1. The molecule has 3 heteroatoms. The van der Waals surface area contributed by atoms with Crippen LogP contribution < -0.4 is 5.32 Å². The Bertz CT molecular complexity index is 766. The maximum absolute atomic E-state index is 11.9. The first kappa shape index (κ1) is 19.7. The van der Waals surface area contributed by atoms with E-state index in [0.29, 0.717) is 6.61 Å². The zero-order valence-electron chi connectivity index (χ0n) is 15.8. The standard InChI is InChI=1S/C25H25NO2/c1-2-18-28-20-24(19-27)26-25(21-12-6-3-7-13-21,22-14-8-4-9-15-22)23-16-10-5-11-17-23/h2-17,19,24,26H,1,18,20H2/t24-/m1/s1. The van der Waals surface area contributed by atoms with Crippen LogP contribution in [-0.2, 0) is 15.1 Å². The van der Waals surface area contributed by atoms with Gasteiger partial charge in [-0.1, -0.05) is 97.1 Å². The average molecular weight is 371 g/mol. The van der Waals surface area contributed by atoms with Crippen molar-refractivity contribution in [1.82, 2.24) is 5.32 Å². The minimum absolute atomic E-state index is 0.268. The van der Waals surface area contributed by atoms with Crippen molar-refractivity contribution < 1.29 is 9.53 Å². The van der Waals surface area contributed by atoms with Crippen LogP contribution in [0.2, 0.25) is 0 Å². The second kappa shape index (κ2) is 9.79. The highest BCUT2D eigenvalue weighted by atomic mass is 16.5. The van der Waals surface area contributed by atoms with Crippen molar-refractivity contribution in [2.24, 2.45) is 0 Å². The molecule has 0 aliphatic heterocycles. The number of hydrogen-bond donors (Lipinski definition) is 1. The third kappa shape index (κ3) is 4.28. The summed E-state index contributed by atoms with van der Waals surface area (Å²) in [6.07, 6.45) is 2.59. The predicted molar refractivity (Wildman–Crippen MR) is 113 cm³/mol. The molecule has 3 rings (SSSR count). The van der Waals surface area contributed by atoms with Crippen molar-refractivity contribution in [3.05, 3.63) is 120 Å². The second-order valence-corrected chi connectivity index (χ2v) is 6.56. The molecule has 1 N–H and O–H groups in total. The van der Waals surface area contributed by atoms with Crippen molar-refractivity contribution in [3.8, 4) is 0 Å². The average Bonchev–Trinajstić information content (AvgIpc) is 2.78. The molecule has 142 valence electrons. The zero-order valence-corrected chi connectivity index (χ0v) is 15.8. The summed E-state index contributed by atoms with van der Waals surface area (Å²) in [5, 5.41) is 3.60. The Kier molecular flexibility index (Phi) is 6.90. The first-order valence-electron chi connectivity index (χ1n) is 9.39. The molecule has 0 amide bonds. The van der Waals surface area contributed by atoms with Crippen LogP contribution in [0.5, 0.6) is 0 Å². The first-order chi connectivity index (χ1) is 13.8. The molecule has 0 saturated heterocycles. The van der Waals surface area contributed by atoms with Gasteiger partial charge in [0.1, 0.15) is 6.29 Å². The molecule has 0 fully saturated rings. The highest BCUT2D eigenvalue weighted by Crippen LogP contribution is 2.37. The van der Waals surface area contributed by atoms with Crippen LogP contribution in [0.3, 0.4) is 0 Å². The summed E-state index contributed by atoms with van der Waals surface area (Å²) < 4.78 is 5.58. The fourth-order valence-corrected chi connectivity index (χ4v) is 3.49. The maximum atomic E-state index is 11.9. The molecule has 0 spiro atoms. The van der Waals surface area contributed by atoms with Crippen LogP contribution in [0.4, 0.5) is 0 Å². The molecule has 0 unspecified atom stereocenters. The van der Waals surface area contributed by atoms with Gasteiger partial charge in [-0.05, 0) is 16.7 Å². The first-order valence-corrected chi connectivity index (χ1v) is 9.39. The van der Waals surface area contributed by atoms with E-state index in [1.54, 1.807) is 6.08 Å². The maximum Gasteiger partial charge on any atom is 0.139 e. The van der Waals surface area contributed by atoms with E-state index in [-0.39, 0.29) is 6.61 Å². The monoisotopic (exact) mass is 371 g/mol. The molecule has 0 aliphatic rings. The Balaban J connectivity index is 2.16. The smallest absolute Gasteiger partial charge is 0.139 e. The molecular formula is C25H25NO2. The highest BCUT2D eigenvalue weighted by molar-refractivity contribution is 5.60. The molecule has 3 aromatic rings. The quantitative estimate of drug-likeness (QED) is 0.249. The summed E-state index contributed by atoms with van der Waals surface area (Å²) in [6.45, 7) is 4.34. The van der Waals surface area contributed by atoms with E-state index in [1.807, 2.05) is 54.6 Å². The molecule has 1 atom stereocenters. The fourth-order valence-electron chi connectivity index (χ4n) is 3.49. The molecule has 28 heavy (non-hydrogen) atoms. The molecule has 0 heterocycles. The largest absolute Gasteiger partial charge is 0.375 e. The number of rotatable bonds is 10. The van der Waals surface area contributed by atoms with Crippen molar-refractivity contribution >= 4 is 6.29 Å². The summed E-state index contributed by atoms with van der Waals surface area (Å²) in [6, 6.07) is 30.1. The van der Waals surface area contributed by atoms with E-state index < -0.39 is 11.6 Å². The van der Waals surface area contributed by atoms with E-state index in [1.165, 1.54) is 0 Å². The number of benzene rings is 3. The van der Waals surface area contributed by atoms with Crippen LogP contribution >= 0.6 is 0 Å². The Morgan fingerprint density at radius 2 is 1.25 bits per heavy atom. The van der Waals surface area contributed by atoms with Gasteiger partial charge in [0.15, 0.2) is 0 Å². The lowest BCUT2D eigenvalue weighted by molar-refractivity contribution is -0.111. The Labute approximate surface area is 166 Å². The molecule has 0 saturated carbocycles. The topological polar surface area (TPSA) is 38.3 Å². The SMILES string of the molecule is C=CCOC[C@@H](C=O)NC(c1ccccc1)(c1ccccc1)c1ccccc1. The number of hydrogen-bond acceptors (Lipinski definition) is 3. The van der Waals surface area contributed by atoms with Crippen molar-refractivity contribution in [2.45, 2.75) is 11.6 Å². The molecule has 0 aromatic heterocycles. The van der Waals surface area contributed by atoms with Crippen molar-refractivity contribution in [2.75, 3.05) is 13.2 Å². The number of carbonyl (C=O) groups excluding carboxylic acids is 1. The van der Waals surface area contributed by atoms with Crippen molar-refractivity contribution in [3.63, 3.8) is 0 Å². The molecule has 0 radical (unpaired) electrons. The van der Waals surface area contributed by atoms with Gasteiger partial charge >= 0.3 is 0 Å². The van der Waals surface area contributed by atoms with Gasteiger partial charge in [-0.25, -0.2) is 0 Å². The van der Waals surface area contributed by atoms with Crippen molar-refractivity contribution in [1.29, 1.82) is 0 Å². The number of aldehydes is 1. The second-order valence-electron chi connectivity index (χ2n) is 6.56. The van der Waals surface area contributed by atoms with E-state index in [0.717, 1.165) is 23.0 Å². The Morgan fingerprint density at radius 1 is 0.821 bits per heavy atom. The van der Waals surface area contributed by atoms with E-state index in [2.05, 4.69) is 48.3 Å². The highest BCUT2D eigenvalue weighted by Gasteiger charge is 2.38. The molecular weight excluding hydrogens is 346 g/mol. The molecule has 3 nitrogen and oxygen atoms in total. The Hall–Kier alpha value is -3.01. The number of nitrogens with one attached hydrogen (secondary N) is 1. The lowest BCUT2D eigenvalue weighted by Crippen LogP contribution is -2.52. The minimum atomic E-state index is -0.688. The van der Waals surface area contributed by atoms with Gasteiger partial charge in [0.2, 0.25) is 0 Å². The summed E-state index contributed by atoms with van der Waals surface area (Å²) in [7, 11) is 0. The van der Waals surface area contributed by atoms with Crippen LogP contribution in [0.1, 0.15) is 16.7 Å². The molecule has 0 aliphatic carbocycles. The number of ether oxygens (including phenoxy) is 1. The molecule has 0 bridgehead atoms. The van der Waals surface area contributed by atoms with Gasteiger partial charge in [0.25, 0.3) is 0 Å². The van der Waals surface area contributed by atoms with E-state index >= 15 is 0 Å². The third-order valence-electron chi connectivity index (χ3n) is 4.72. The van der Waals surface area contributed by atoms with Gasteiger partial charge in [0.05, 0.1) is 24.8 Å². The summed E-state index contributed by atoms with van der Waals surface area (Å²) >= 11 is 0. The van der Waals surface area contributed by atoms with E-state index in [4.69, 9.17) is 4.74 Å². The van der Waals surface area contributed by atoms with Crippen LogP contribution in [0.15, 0.2) is 104 Å². The predicted octanol–water partition coefficient (Wildman–Crippen LogP) is 4.34. The normalized spacial score (nSPS) is 12.3. The zero-order chi connectivity index (χ0) is 19.7. The third-order valence-corrected chi connectivity index (χ3v) is 4.72. The van der Waals surface area contributed by atoms with Crippen LogP contribution in [0, 0.1) is 0 Å². The Morgan fingerprint density at radius 3 is 1.61 bits per heavy atom. The van der Waals surface area contributed by atoms with Gasteiger partial charge in [-0.15, -0.1) is 6.58 Å². The summed E-state index contributed by atoms with van der Waals surface area (Å²) in [4.78, 5) is 11.9. The van der Waals surface area contributed by atoms with Gasteiger partial charge in [-0.2, -0.15) is 0 Å². The summed E-state index contributed by atoms with van der Waals surface area (Å²) in [5.74, 6) is 0. The van der Waals surface area contributed by atoms with Gasteiger partial charge in [-0.3, -0.25) is 5.32 Å². The molecule has 3 aromatic carbocycles. The van der Waals surface area contributed by atoms with Crippen LogP contribution in [0.25, 0.3) is 0 Å². The lowest BCUT2D eigenvalue weighted by atomic mass is 9.76. The minimum Gasteiger partial charge on any atom is -0.375 e. The van der Waals surface area contributed by atoms with Gasteiger partial charge in [0, 0.05) is 0 Å². The fraction of sp³-hybridized carbons (Fsp3) is 0.160. The summed E-state index contributed by atoms with van der Waals surface area (Å²) in [5.41, 5.74) is 2.49. The van der Waals surface area contributed by atoms with E-state index in [9.17, 15) is 4.79 Å². The lowest BCUT2D eigenvalue weighted by Gasteiger charge is -2.39. The van der Waals surface area contributed by atoms with Crippen LogP contribution in [-0.4, -0.2) is 25.5 Å².